The number of carbonyl (C=O) groups excluding carboxylic acids is 2. The molecule has 0 spiro atoms. The summed E-state index contributed by atoms with van der Waals surface area (Å²) in [5.41, 5.74) is 3.11. The fraction of sp³-hybridized carbons (Fsp3) is 0.579. The predicted molar refractivity (Wildman–Crippen MR) is 94.0 cm³/mol. The van der Waals surface area contributed by atoms with Gasteiger partial charge in [-0.25, -0.2) is 0 Å². The zero-order valence-electron chi connectivity index (χ0n) is 14.9. The van der Waals surface area contributed by atoms with Crippen LogP contribution in [-0.2, 0) is 9.59 Å². The van der Waals surface area contributed by atoms with Crippen molar-refractivity contribution in [2.75, 3.05) is 38.0 Å². The molecule has 3 rings (SSSR count). The van der Waals surface area contributed by atoms with Gasteiger partial charge in [-0.05, 0) is 37.3 Å². The van der Waals surface area contributed by atoms with Crippen molar-refractivity contribution in [3.63, 3.8) is 0 Å². The van der Waals surface area contributed by atoms with Crippen molar-refractivity contribution < 1.29 is 14.5 Å². The molecule has 5 heteroatoms. The Labute approximate surface area is 144 Å². The van der Waals surface area contributed by atoms with Crippen molar-refractivity contribution in [2.45, 2.75) is 27.2 Å². The number of rotatable bonds is 4. The Morgan fingerprint density at radius 3 is 2.33 bits per heavy atom. The van der Waals surface area contributed by atoms with Gasteiger partial charge in [-0.3, -0.25) is 9.59 Å². The second kappa shape index (κ2) is 6.93. The third kappa shape index (κ3) is 3.78. The van der Waals surface area contributed by atoms with Gasteiger partial charge in [-0.2, -0.15) is 0 Å². The Balaban J connectivity index is 1.47. The number of hydrogen-bond acceptors (Lipinski definition) is 2. The van der Waals surface area contributed by atoms with Crippen LogP contribution in [0.4, 0.5) is 5.69 Å². The summed E-state index contributed by atoms with van der Waals surface area (Å²) in [6, 6.07) is 6.03. The molecule has 24 heavy (non-hydrogen) atoms. The first-order valence-electron chi connectivity index (χ1n) is 8.94. The number of benzene rings is 1. The highest BCUT2D eigenvalue weighted by Gasteiger charge is 2.42. The molecule has 130 valence electrons. The van der Waals surface area contributed by atoms with Crippen LogP contribution in [0.2, 0.25) is 0 Å². The van der Waals surface area contributed by atoms with Crippen LogP contribution in [0.3, 0.4) is 0 Å². The summed E-state index contributed by atoms with van der Waals surface area (Å²) in [5, 5.41) is 3.05. The summed E-state index contributed by atoms with van der Waals surface area (Å²) in [7, 11) is 0. The Bertz CT molecular complexity index is 615. The highest BCUT2D eigenvalue weighted by atomic mass is 16.2. The van der Waals surface area contributed by atoms with Crippen LogP contribution in [0.25, 0.3) is 0 Å². The molecule has 5 nitrogen and oxygen atoms in total. The molecule has 0 radical (unpaired) electrons. The molecule has 2 N–H and O–H groups in total. The van der Waals surface area contributed by atoms with Crippen molar-refractivity contribution in [1.29, 1.82) is 0 Å². The number of anilines is 1. The summed E-state index contributed by atoms with van der Waals surface area (Å²) >= 11 is 0. The van der Waals surface area contributed by atoms with Crippen LogP contribution in [-0.4, -0.2) is 49.4 Å². The Kier molecular flexibility index (Phi) is 4.90. The van der Waals surface area contributed by atoms with Gasteiger partial charge < -0.3 is 15.1 Å². The average molecular weight is 330 g/mol. The molecule has 2 fully saturated rings. The first-order valence-corrected chi connectivity index (χ1v) is 8.94. The number of carbonyl (C=O) groups is 2. The normalized spacial score (nSPS) is 23.9. The van der Waals surface area contributed by atoms with Crippen LogP contribution in [0.5, 0.6) is 0 Å². The van der Waals surface area contributed by atoms with Crippen molar-refractivity contribution in [2.24, 2.45) is 11.8 Å². The third-order valence-corrected chi connectivity index (χ3v) is 5.36. The molecular weight excluding hydrogens is 302 g/mol. The Morgan fingerprint density at radius 2 is 1.79 bits per heavy atom. The highest BCUT2D eigenvalue weighted by Crippen LogP contribution is 2.39. The van der Waals surface area contributed by atoms with Crippen molar-refractivity contribution in [1.82, 2.24) is 4.90 Å². The minimum atomic E-state index is 0.0537. The number of nitrogens with one attached hydrogen (secondary N) is 2. The molecule has 1 aromatic rings. The van der Waals surface area contributed by atoms with Gasteiger partial charge in [-0.15, -0.1) is 0 Å². The lowest BCUT2D eigenvalue weighted by molar-refractivity contribution is -0.895. The van der Waals surface area contributed by atoms with E-state index < -0.39 is 0 Å². The number of amides is 2. The van der Waals surface area contributed by atoms with Crippen molar-refractivity contribution in [3.05, 3.63) is 29.3 Å². The summed E-state index contributed by atoms with van der Waals surface area (Å²) in [6.07, 6.45) is 1.05. The third-order valence-electron chi connectivity index (χ3n) is 5.36. The summed E-state index contributed by atoms with van der Waals surface area (Å²) in [4.78, 5) is 27.8. The van der Waals surface area contributed by atoms with Gasteiger partial charge in [0.2, 0.25) is 5.91 Å². The molecule has 1 aliphatic heterocycles. The molecular formula is C19H28N3O2+. The second-order valence-electron chi connectivity index (χ2n) is 7.39. The van der Waals surface area contributed by atoms with E-state index in [0.717, 1.165) is 49.4 Å². The van der Waals surface area contributed by atoms with E-state index in [4.69, 9.17) is 0 Å². The van der Waals surface area contributed by atoms with Gasteiger partial charge in [0.15, 0.2) is 6.54 Å². The number of hydrogen-bond donors (Lipinski definition) is 2. The van der Waals surface area contributed by atoms with E-state index in [1.165, 1.54) is 4.90 Å². The molecule has 1 aliphatic carbocycles. The van der Waals surface area contributed by atoms with Gasteiger partial charge >= 0.3 is 0 Å². The van der Waals surface area contributed by atoms with Gasteiger partial charge in [-0.1, -0.05) is 25.1 Å². The summed E-state index contributed by atoms with van der Waals surface area (Å²) in [5.74, 6) is 1.20. The van der Waals surface area contributed by atoms with Crippen LogP contribution in [0.1, 0.15) is 24.5 Å². The van der Waals surface area contributed by atoms with Crippen LogP contribution in [0.15, 0.2) is 18.2 Å². The molecule has 0 unspecified atom stereocenters. The van der Waals surface area contributed by atoms with Gasteiger partial charge in [0, 0.05) is 11.6 Å². The predicted octanol–water partition coefficient (Wildman–Crippen LogP) is 0.625. The van der Waals surface area contributed by atoms with E-state index in [2.05, 4.69) is 12.2 Å². The maximum absolute atomic E-state index is 12.3. The molecule has 1 aromatic carbocycles. The SMILES string of the molecule is Cc1cccc(C)c1NC(=O)C[NH+]1CCN(C(=O)[C@H]2C[C@H]2C)CC1. The first kappa shape index (κ1) is 17.0. The molecule has 1 heterocycles. The maximum atomic E-state index is 12.3. The monoisotopic (exact) mass is 330 g/mol. The summed E-state index contributed by atoms with van der Waals surface area (Å²) < 4.78 is 0. The number of nitrogens with zero attached hydrogens (tertiary/aromatic N) is 1. The number of aryl methyl sites for hydroxylation is 2. The zero-order valence-corrected chi connectivity index (χ0v) is 14.9. The fourth-order valence-corrected chi connectivity index (χ4v) is 3.54. The first-order chi connectivity index (χ1) is 11.5. The van der Waals surface area contributed by atoms with E-state index in [0.29, 0.717) is 18.4 Å². The van der Waals surface area contributed by atoms with Gasteiger partial charge in [0.25, 0.3) is 5.91 Å². The minimum absolute atomic E-state index is 0.0537. The van der Waals surface area contributed by atoms with E-state index in [9.17, 15) is 9.59 Å². The van der Waals surface area contributed by atoms with E-state index >= 15 is 0 Å². The maximum Gasteiger partial charge on any atom is 0.279 e. The Morgan fingerprint density at radius 1 is 1.21 bits per heavy atom. The lowest BCUT2D eigenvalue weighted by atomic mass is 10.1. The van der Waals surface area contributed by atoms with Crippen LogP contribution in [0, 0.1) is 25.7 Å². The van der Waals surface area contributed by atoms with Crippen molar-refractivity contribution in [3.8, 4) is 0 Å². The van der Waals surface area contributed by atoms with Crippen LogP contribution < -0.4 is 10.2 Å². The number of piperazine rings is 1. The Hall–Kier alpha value is -1.88. The molecule has 0 aromatic heterocycles. The van der Waals surface area contributed by atoms with E-state index in [-0.39, 0.29) is 11.8 Å². The molecule has 1 saturated heterocycles. The minimum Gasteiger partial charge on any atom is -0.331 e. The molecule has 0 bridgehead atoms. The number of quaternary nitrogens is 1. The van der Waals surface area contributed by atoms with Crippen molar-refractivity contribution >= 4 is 17.5 Å². The molecule has 2 amide bonds. The van der Waals surface area contributed by atoms with Crippen LogP contribution >= 0.6 is 0 Å². The largest absolute Gasteiger partial charge is 0.331 e. The number of para-hydroxylation sites is 1. The molecule has 1 saturated carbocycles. The molecule has 2 aliphatic rings. The molecule has 2 atom stereocenters. The fourth-order valence-electron chi connectivity index (χ4n) is 3.54. The topological polar surface area (TPSA) is 53.9 Å². The quantitative estimate of drug-likeness (QED) is 0.851. The van der Waals surface area contributed by atoms with Gasteiger partial charge in [0.1, 0.15) is 0 Å². The zero-order chi connectivity index (χ0) is 17.3. The smallest absolute Gasteiger partial charge is 0.279 e. The van der Waals surface area contributed by atoms with E-state index in [1.54, 1.807) is 0 Å². The second-order valence-corrected chi connectivity index (χ2v) is 7.39. The summed E-state index contributed by atoms with van der Waals surface area (Å²) in [6.45, 7) is 9.89. The van der Waals surface area contributed by atoms with E-state index in [1.807, 2.05) is 36.9 Å². The highest BCUT2D eigenvalue weighted by molar-refractivity contribution is 5.93. The standard InChI is InChI=1S/C19H27N3O2/c1-13-5-4-6-14(2)18(13)20-17(23)12-21-7-9-22(10-8-21)19(24)16-11-15(16)3/h4-6,15-16H,7-12H2,1-3H3,(H,20,23)/p+1/t15-,16+/m1/s1. The average Bonchev–Trinajstić information content (AvgIpc) is 3.28. The lowest BCUT2D eigenvalue weighted by Crippen LogP contribution is -3.15. The van der Waals surface area contributed by atoms with Gasteiger partial charge in [0.05, 0.1) is 26.2 Å². The lowest BCUT2D eigenvalue weighted by Gasteiger charge is -2.32.